The van der Waals surface area contributed by atoms with E-state index in [0.717, 1.165) is 17.8 Å². The van der Waals surface area contributed by atoms with Gasteiger partial charge in [-0.1, -0.05) is 24.8 Å². The van der Waals surface area contributed by atoms with Crippen molar-refractivity contribution >= 4 is 0 Å². The summed E-state index contributed by atoms with van der Waals surface area (Å²) < 4.78 is 0. The maximum Gasteiger partial charge on any atom is 0.0354 e. The molecule has 0 aromatic carbocycles. The SMILES string of the molecule is C=CC1=C/N/C(C)=C\N(C)C/C=C\1. The third kappa shape index (κ3) is 3.20. The fourth-order valence-corrected chi connectivity index (χ4v) is 1.15. The largest absolute Gasteiger partial charge is 0.375 e. The first-order valence-electron chi connectivity index (χ1n) is 4.36. The van der Waals surface area contributed by atoms with Crippen LogP contribution in [0.5, 0.6) is 0 Å². The number of allylic oxidation sites excluding steroid dienone is 4. The molecule has 0 spiro atoms. The van der Waals surface area contributed by atoms with E-state index in [4.69, 9.17) is 0 Å². The molecule has 0 amide bonds. The minimum atomic E-state index is 0.921. The predicted octanol–water partition coefficient (Wildman–Crippen LogP) is 2.01. The molecule has 0 aliphatic carbocycles. The Morgan fingerprint density at radius 1 is 1.62 bits per heavy atom. The van der Waals surface area contributed by atoms with Crippen molar-refractivity contribution in [3.05, 3.63) is 48.5 Å². The minimum absolute atomic E-state index is 0.921. The van der Waals surface area contributed by atoms with Gasteiger partial charge in [-0.25, -0.2) is 0 Å². The predicted molar refractivity (Wildman–Crippen MR) is 56.9 cm³/mol. The summed E-state index contributed by atoms with van der Waals surface area (Å²) in [6.07, 6.45) is 10.0. The number of likely N-dealkylation sites (N-methyl/N-ethyl adjacent to an activating group) is 1. The zero-order valence-corrected chi connectivity index (χ0v) is 8.25. The molecule has 0 saturated heterocycles. The van der Waals surface area contributed by atoms with Crippen LogP contribution in [0.1, 0.15) is 6.92 Å². The van der Waals surface area contributed by atoms with Crippen molar-refractivity contribution in [2.45, 2.75) is 6.92 Å². The van der Waals surface area contributed by atoms with Crippen LogP contribution in [0.3, 0.4) is 0 Å². The molecule has 2 nitrogen and oxygen atoms in total. The molecule has 0 bridgehead atoms. The van der Waals surface area contributed by atoms with Gasteiger partial charge in [0.1, 0.15) is 0 Å². The Labute approximate surface area is 79.9 Å². The molecule has 0 unspecified atom stereocenters. The van der Waals surface area contributed by atoms with Crippen molar-refractivity contribution in [3.63, 3.8) is 0 Å². The van der Waals surface area contributed by atoms with Crippen LogP contribution in [0.2, 0.25) is 0 Å². The summed E-state index contributed by atoms with van der Waals surface area (Å²) in [5.41, 5.74) is 2.23. The Bertz CT molecular complexity index is 272. The van der Waals surface area contributed by atoms with E-state index in [0.29, 0.717) is 0 Å². The zero-order valence-electron chi connectivity index (χ0n) is 8.25. The second kappa shape index (κ2) is 4.55. The van der Waals surface area contributed by atoms with Crippen molar-refractivity contribution in [1.29, 1.82) is 0 Å². The fourth-order valence-electron chi connectivity index (χ4n) is 1.15. The highest BCUT2D eigenvalue weighted by molar-refractivity contribution is 5.30. The second-order valence-electron chi connectivity index (χ2n) is 3.15. The Hall–Kier alpha value is -1.44. The summed E-state index contributed by atoms with van der Waals surface area (Å²) >= 11 is 0. The van der Waals surface area contributed by atoms with Crippen LogP contribution < -0.4 is 5.32 Å². The highest BCUT2D eigenvalue weighted by Crippen LogP contribution is 2.01. The molecule has 2 heteroatoms. The van der Waals surface area contributed by atoms with Crippen LogP contribution in [0.15, 0.2) is 48.5 Å². The molecule has 0 aromatic rings. The number of hydrogen-bond donors (Lipinski definition) is 1. The topological polar surface area (TPSA) is 15.3 Å². The van der Waals surface area contributed by atoms with E-state index in [9.17, 15) is 0 Å². The number of rotatable bonds is 1. The van der Waals surface area contributed by atoms with Crippen LogP contribution in [0.4, 0.5) is 0 Å². The van der Waals surface area contributed by atoms with Crippen LogP contribution in [-0.2, 0) is 0 Å². The molecule has 1 rings (SSSR count). The first kappa shape index (κ1) is 9.65. The van der Waals surface area contributed by atoms with Crippen LogP contribution in [-0.4, -0.2) is 18.5 Å². The third-order valence-corrected chi connectivity index (χ3v) is 1.82. The van der Waals surface area contributed by atoms with Gasteiger partial charge in [-0.15, -0.1) is 0 Å². The number of hydrogen-bond acceptors (Lipinski definition) is 2. The second-order valence-corrected chi connectivity index (χ2v) is 3.15. The summed E-state index contributed by atoms with van der Waals surface area (Å²) in [6, 6.07) is 0. The number of nitrogens with one attached hydrogen (secondary N) is 1. The lowest BCUT2D eigenvalue weighted by Crippen LogP contribution is -2.13. The Morgan fingerprint density at radius 2 is 2.38 bits per heavy atom. The normalized spacial score (nSPS) is 28.0. The van der Waals surface area contributed by atoms with Gasteiger partial charge in [-0.05, 0) is 12.5 Å². The third-order valence-electron chi connectivity index (χ3n) is 1.82. The van der Waals surface area contributed by atoms with Gasteiger partial charge in [0.15, 0.2) is 0 Å². The molecule has 13 heavy (non-hydrogen) atoms. The molecule has 1 N–H and O–H groups in total. The van der Waals surface area contributed by atoms with Gasteiger partial charge in [0, 0.05) is 31.7 Å². The summed E-state index contributed by atoms with van der Waals surface area (Å²) in [7, 11) is 2.05. The van der Waals surface area contributed by atoms with E-state index >= 15 is 0 Å². The lowest BCUT2D eigenvalue weighted by molar-refractivity contribution is 0.503. The smallest absolute Gasteiger partial charge is 0.0354 e. The maximum absolute atomic E-state index is 3.74. The lowest BCUT2D eigenvalue weighted by Gasteiger charge is -2.11. The zero-order chi connectivity index (χ0) is 9.68. The molecule has 70 valence electrons. The Kier molecular flexibility index (Phi) is 3.38. The van der Waals surface area contributed by atoms with E-state index in [1.807, 2.05) is 19.2 Å². The van der Waals surface area contributed by atoms with Crippen LogP contribution >= 0.6 is 0 Å². The van der Waals surface area contributed by atoms with E-state index in [2.05, 4.69) is 42.2 Å². The highest BCUT2D eigenvalue weighted by Gasteiger charge is 1.94. The first-order chi connectivity index (χ1) is 6.22. The summed E-state index contributed by atoms with van der Waals surface area (Å²) in [4.78, 5) is 2.12. The van der Waals surface area contributed by atoms with Crippen molar-refractivity contribution in [3.8, 4) is 0 Å². The van der Waals surface area contributed by atoms with E-state index < -0.39 is 0 Å². The van der Waals surface area contributed by atoms with Gasteiger partial charge in [0.05, 0.1) is 0 Å². The van der Waals surface area contributed by atoms with E-state index in [-0.39, 0.29) is 0 Å². The molecule has 1 heterocycles. The van der Waals surface area contributed by atoms with Gasteiger partial charge < -0.3 is 10.2 Å². The molecule has 1 aliphatic rings. The highest BCUT2D eigenvalue weighted by atomic mass is 15.1. The number of nitrogens with zero attached hydrogens (tertiary/aromatic N) is 1. The fraction of sp³-hybridized carbons (Fsp3) is 0.273. The van der Waals surface area contributed by atoms with Gasteiger partial charge in [-0.3, -0.25) is 0 Å². The summed E-state index contributed by atoms with van der Waals surface area (Å²) in [6.45, 7) is 6.70. The molecule has 1 aliphatic heterocycles. The summed E-state index contributed by atoms with van der Waals surface area (Å²) in [5, 5.41) is 3.19. The van der Waals surface area contributed by atoms with Gasteiger partial charge in [0.25, 0.3) is 0 Å². The molecular weight excluding hydrogens is 160 g/mol. The summed E-state index contributed by atoms with van der Waals surface area (Å²) in [5.74, 6) is 0. The van der Waals surface area contributed by atoms with Gasteiger partial charge in [0.2, 0.25) is 0 Å². The molecule has 0 radical (unpaired) electrons. The van der Waals surface area contributed by atoms with Crippen LogP contribution in [0, 0.1) is 0 Å². The molecule has 0 fully saturated rings. The van der Waals surface area contributed by atoms with Gasteiger partial charge >= 0.3 is 0 Å². The minimum Gasteiger partial charge on any atom is -0.375 e. The monoisotopic (exact) mass is 176 g/mol. The average Bonchev–Trinajstić information content (AvgIpc) is 2.16. The first-order valence-corrected chi connectivity index (χ1v) is 4.36. The van der Waals surface area contributed by atoms with E-state index in [1.54, 1.807) is 0 Å². The standard InChI is InChI=1S/C11H16N2/c1-4-11-6-5-7-13(3)9-10(2)12-8-11/h4-6,8-9,12H,1,7H2,2-3H3/b6-5-,10-9-,11-8-. The molecule has 0 aromatic heterocycles. The van der Waals surface area contributed by atoms with Crippen molar-refractivity contribution in [2.75, 3.05) is 13.6 Å². The molecule has 0 saturated carbocycles. The van der Waals surface area contributed by atoms with Crippen molar-refractivity contribution in [2.24, 2.45) is 0 Å². The Morgan fingerprint density at radius 3 is 3.08 bits per heavy atom. The van der Waals surface area contributed by atoms with Crippen molar-refractivity contribution in [1.82, 2.24) is 10.2 Å². The quantitative estimate of drug-likeness (QED) is 0.657. The molecular formula is C11H16N2. The van der Waals surface area contributed by atoms with Crippen molar-refractivity contribution < 1.29 is 0 Å². The Balaban J connectivity index is 2.81. The van der Waals surface area contributed by atoms with Gasteiger partial charge in [-0.2, -0.15) is 0 Å². The maximum atomic E-state index is 3.74. The lowest BCUT2D eigenvalue weighted by atomic mass is 10.2. The average molecular weight is 176 g/mol. The van der Waals surface area contributed by atoms with E-state index in [1.165, 1.54) is 0 Å². The van der Waals surface area contributed by atoms with Crippen LogP contribution in [0.25, 0.3) is 0 Å². The molecule has 0 atom stereocenters.